The molecule has 1 aliphatic rings. The average Bonchev–Trinajstić information content (AvgIpc) is 3.46. The Balaban J connectivity index is 1.79. The topological polar surface area (TPSA) is 94.0 Å². The number of alkyl halides is 2. The standard InChI is InChI=1S/C20H20F2N4O3S/c1-11(2)26-18-14(10-23-26)13(9-16(24-18)12-7-8-12)19(27)25-15-5-3-4-6-17(15)30(28,29)20(21)22/h3-6,9-12,20H,7-8H2,1-2H3,(H,25,27). The zero-order chi connectivity index (χ0) is 21.6. The van der Waals surface area contributed by atoms with E-state index in [0.29, 0.717) is 11.0 Å². The monoisotopic (exact) mass is 434 g/mol. The molecule has 30 heavy (non-hydrogen) atoms. The highest BCUT2D eigenvalue weighted by Gasteiger charge is 2.31. The molecule has 2 heterocycles. The largest absolute Gasteiger partial charge is 0.341 e. The van der Waals surface area contributed by atoms with Crippen molar-refractivity contribution in [3.63, 3.8) is 0 Å². The average molecular weight is 434 g/mol. The number of rotatable bonds is 6. The molecule has 0 saturated heterocycles. The first-order valence-corrected chi connectivity index (χ1v) is 11.1. The van der Waals surface area contributed by atoms with Gasteiger partial charge >= 0.3 is 5.76 Å². The molecule has 4 rings (SSSR count). The minimum Gasteiger partial charge on any atom is -0.321 e. The molecule has 1 amide bonds. The summed E-state index contributed by atoms with van der Waals surface area (Å²) in [4.78, 5) is 17.1. The third-order valence-corrected chi connectivity index (χ3v) is 6.43. The molecule has 1 aromatic carbocycles. The van der Waals surface area contributed by atoms with Gasteiger partial charge in [-0.2, -0.15) is 13.9 Å². The Kier molecular flexibility index (Phi) is 5.05. The van der Waals surface area contributed by atoms with Gasteiger partial charge < -0.3 is 5.32 Å². The highest BCUT2D eigenvalue weighted by atomic mass is 32.2. The molecule has 7 nitrogen and oxygen atoms in total. The molecule has 0 atom stereocenters. The number of fused-ring (bicyclic) bond motifs is 1. The third kappa shape index (κ3) is 3.55. The van der Waals surface area contributed by atoms with Crippen molar-refractivity contribution in [1.29, 1.82) is 0 Å². The number of hydrogen-bond acceptors (Lipinski definition) is 5. The quantitative estimate of drug-likeness (QED) is 0.629. The maximum atomic E-state index is 13.1. The van der Waals surface area contributed by atoms with Crippen LogP contribution in [-0.4, -0.2) is 34.8 Å². The Bertz CT molecular complexity index is 1230. The summed E-state index contributed by atoms with van der Waals surface area (Å²) in [5, 5.41) is 7.33. The molecule has 1 fully saturated rings. The lowest BCUT2D eigenvalue weighted by Gasteiger charge is -2.13. The van der Waals surface area contributed by atoms with Crippen molar-refractivity contribution < 1.29 is 22.0 Å². The zero-order valence-corrected chi connectivity index (χ0v) is 17.2. The third-order valence-electron chi connectivity index (χ3n) is 4.99. The molecule has 2 aromatic heterocycles. The normalized spacial score (nSPS) is 14.6. The van der Waals surface area contributed by atoms with Crippen LogP contribution in [0.25, 0.3) is 11.0 Å². The van der Waals surface area contributed by atoms with Gasteiger partial charge in [0.15, 0.2) is 5.65 Å². The summed E-state index contributed by atoms with van der Waals surface area (Å²) in [6.45, 7) is 3.90. The van der Waals surface area contributed by atoms with Gasteiger partial charge in [-0.25, -0.2) is 18.1 Å². The van der Waals surface area contributed by atoms with Crippen molar-refractivity contribution >= 4 is 32.5 Å². The second kappa shape index (κ2) is 7.42. The second-order valence-corrected chi connectivity index (χ2v) is 9.43. The molecule has 1 aliphatic carbocycles. The molecule has 3 aromatic rings. The van der Waals surface area contributed by atoms with Crippen LogP contribution >= 0.6 is 0 Å². The van der Waals surface area contributed by atoms with Gasteiger partial charge in [-0.15, -0.1) is 0 Å². The van der Waals surface area contributed by atoms with Crippen LogP contribution in [0.4, 0.5) is 14.5 Å². The van der Waals surface area contributed by atoms with E-state index >= 15 is 0 Å². The molecule has 1 saturated carbocycles. The van der Waals surface area contributed by atoms with E-state index in [-0.39, 0.29) is 23.2 Å². The number of para-hydroxylation sites is 1. The van der Waals surface area contributed by atoms with Gasteiger partial charge in [0.2, 0.25) is 9.84 Å². The summed E-state index contributed by atoms with van der Waals surface area (Å²) in [5.74, 6) is -3.93. The molecular formula is C20H20F2N4O3S. The van der Waals surface area contributed by atoms with E-state index in [1.54, 1.807) is 10.7 Å². The maximum absolute atomic E-state index is 13.1. The van der Waals surface area contributed by atoms with Crippen LogP contribution in [0.15, 0.2) is 41.4 Å². The fraction of sp³-hybridized carbons (Fsp3) is 0.350. The number of nitrogens with zero attached hydrogens (tertiary/aromatic N) is 3. The summed E-state index contributed by atoms with van der Waals surface area (Å²) < 4.78 is 51.8. The Labute approximate surface area is 172 Å². The van der Waals surface area contributed by atoms with Crippen molar-refractivity contribution in [3.8, 4) is 0 Å². The Morgan fingerprint density at radius 2 is 1.93 bits per heavy atom. The molecule has 1 N–H and O–H groups in total. The molecule has 10 heteroatoms. The van der Waals surface area contributed by atoms with Crippen LogP contribution < -0.4 is 5.32 Å². The smallest absolute Gasteiger partial charge is 0.321 e. The number of hydrogen-bond donors (Lipinski definition) is 1. The first kappa shape index (κ1) is 20.4. The number of amides is 1. The first-order valence-electron chi connectivity index (χ1n) is 9.50. The predicted molar refractivity (Wildman–Crippen MR) is 107 cm³/mol. The Morgan fingerprint density at radius 1 is 1.23 bits per heavy atom. The molecule has 0 spiro atoms. The summed E-state index contributed by atoms with van der Waals surface area (Å²) in [5.41, 5.74) is 1.41. The Hall–Kier alpha value is -2.88. The van der Waals surface area contributed by atoms with Gasteiger partial charge in [-0.3, -0.25) is 4.79 Å². The number of carbonyl (C=O) groups excluding carboxylic acids is 1. The highest BCUT2D eigenvalue weighted by Crippen LogP contribution is 2.40. The number of carbonyl (C=O) groups is 1. The van der Waals surface area contributed by atoms with E-state index in [1.165, 1.54) is 24.4 Å². The van der Waals surface area contributed by atoms with E-state index in [1.807, 2.05) is 13.8 Å². The predicted octanol–water partition coefficient (Wildman–Crippen LogP) is 4.14. The van der Waals surface area contributed by atoms with Crippen molar-refractivity contribution in [2.24, 2.45) is 0 Å². The molecular weight excluding hydrogens is 414 g/mol. The number of nitrogens with one attached hydrogen (secondary N) is 1. The van der Waals surface area contributed by atoms with Gasteiger partial charge in [0, 0.05) is 17.7 Å². The van der Waals surface area contributed by atoms with Crippen molar-refractivity contribution in [1.82, 2.24) is 14.8 Å². The number of anilines is 1. The van der Waals surface area contributed by atoms with Gasteiger partial charge in [-0.05, 0) is 44.9 Å². The molecule has 0 radical (unpaired) electrons. The van der Waals surface area contributed by atoms with Crippen LogP contribution in [0.3, 0.4) is 0 Å². The fourth-order valence-corrected chi connectivity index (χ4v) is 4.18. The van der Waals surface area contributed by atoms with Crippen molar-refractivity contribution in [3.05, 3.63) is 47.8 Å². The number of sulfone groups is 1. The van der Waals surface area contributed by atoms with Crippen molar-refractivity contribution in [2.45, 2.75) is 49.3 Å². The number of benzene rings is 1. The van der Waals surface area contributed by atoms with E-state index < -0.39 is 26.4 Å². The van der Waals surface area contributed by atoms with Crippen molar-refractivity contribution in [2.75, 3.05) is 5.32 Å². The maximum Gasteiger partial charge on any atom is 0.341 e. The Morgan fingerprint density at radius 3 is 2.57 bits per heavy atom. The lowest BCUT2D eigenvalue weighted by molar-refractivity contribution is 0.102. The second-order valence-electron chi connectivity index (χ2n) is 7.55. The molecule has 0 bridgehead atoms. The summed E-state index contributed by atoms with van der Waals surface area (Å²) in [6, 6.07) is 6.82. The summed E-state index contributed by atoms with van der Waals surface area (Å²) in [6.07, 6.45) is 3.49. The van der Waals surface area contributed by atoms with Crippen LogP contribution in [-0.2, 0) is 9.84 Å². The van der Waals surface area contributed by atoms with E-state index in [0.717, 1.165) is 24.6 Å². The van der Waals surface area contributed by atoms with Crippen LogP contribution in [0.1, 0.15) is 54.7 Å². The van der Waals surface area contributed by atoms with Gasteiger partial charge in [0.25, 0.3) is 5.91 Å². The fourth-order valence-electron chi connectivity index (χ4n) is 3.30. The van der Waals surface area contributed by atoms with Gasteiger partial charge in [-0.1, -0.05) is 12.1 Å². The lowest BCUT2D eigenvalue weighted by atomic mass is 10.1. The highest BCUT2D eigenvalue weighted by molar-refractivity contribution is 7.91. The number of pyridine rings is 1. The first-order chi connectivity index (χ1) is 14.2. The van der Waals surface area contributed by atoms with E-state index in [2.05, 4.69) is 15.4 Å². The van der Waals surface area contributed by atoms with Crippen LogP contribution in [0, 0.1) is 0 Å². The van der Waals surface area contributed by atoms with Crippen LogP contribution in [0.5, 0.6) is 0 Å². The van der Waals surface area contributed by atoms with Crippen LogP contribution in [0.2, 0.25) is 0 Å². The zero-order valence-electron chi connectivity index (χ0n) is 16.3. The summed E-state index contributed by atoms with van der Waals surface area (Å²) >= 11 is 0. The number of aromatic nitrogens is 3. The van der Waals surface area contributed by atoms with Gasteiger partial charge in [0.05, 0.1) is 27.7 Å². The molecule has 0 unspecified atom stereocenters. The van der Waals surface area contributed by atoms with E-state index in [9.17, 15) is 22.0 Å². The van der Waals surface area contributed by atoms with E-state index in [4.69, 9.17) is 0 Å². The summed E-state index contributed by atoms with van der Waals surface area (Å²) in [7, 11) is -4.87. The SMILES string of the molecule is CC(C)n1ncc2c(C(=O)Nc3ccccc3S(=O)(=O)C(F)F)cc(C3CC3)nc21. The minimum atomic E-state index is -4.87. The lowest BCUT2D eigenvalue weighted by Crippen LogP contribution is -2.18. The van der Waals surface area contributed by atoms with Gasteiger partial charge in [0.1, 0.15) is 0 Å². The minimum absolute atomic E-state index is 0.0253. The molecule has 158 valence electrons. The number of halogens is 2. The molecule has 0 aliphatic heterocycles.